The Kier molecular flexibility index (Phi) is 6.66. The quantitative estimate of drug-likeness (QED) is 0.241. The smallest absolute Gasteiger partial charge is 0.228 e. The van der Waals surface area contributed by atoms with Gasteiger partial charge in [0, 0.05) is 36.2 Å². The van der Waals surface area contributed by atoms with Crippen LogP contribution in [0.2, 0.25) is 0 Å². The lowest BCUT2D eigenvalue weighted by Gasteiger charge is -2.19. The minimum Gasteiger partial charge on any atom is -0.507 e. The van der Waals surface area contributed by atoms with Gasteiger partial charge in [0.05, 0.1) is 11.9 Å². The van der Waals surface area contributed by atoms with Crippen molar-refractivity contribution in [1.82, 2.24) is 19.5 Å². The number of fused-ring (bicyclic) bond motifs is 1. The second-order valence-corrected chi connectivity index (χ2v) is 8.94. The molecule has 2 aromatic carbocycles. The molecular weight excluding hydrogens is 457 g/mol. The Labute approximate surface area is 208 Å². The molecule has 5 rings (SSSR count). The number of amides is 1. The Morgan fingerprint density at radius 2 is 2.00 bits per heavy atom. The molecule has 8 heteroatoms. The topological polar surface area (TPSA) is 82.8 Å². The van der Waals surface area contributed by atoms with Crippen molar-refractivity contribution in [2.75, 3.05) is 25.2 Å². The lowest BCUT2D eigenvalue weighted by Crippen LogP contribution is -2.33. The summed E-state index contributed by atoms with van der Waals surface area (Å²) in [5.74, 6) is 0.727. The molecule has 2 heterocycles. The van der Waals surface area contributed by atoms with E-state index >= 15 is 0 Å². The SMILES string of the molecule is C=Cc1cnn2c(NCCCN(CF)C(=O)[C@@H]3C[C@H]3c3ccccc3)cc(-c3ccccc3O)nc12. The molecule has 1 aliphatic carbocycles. The molecule has 0 aliphatic heterocycles. The average molecular weight is 486 g/mol. The molecular formula is C28H28FN5O2. The lowest BCUT2D eigenvalue weighted by atomic mass is 10.1. The Morgan fingerprint density at radius 3 is 2.75 bits per heavy atom. The molecule has 1 amide bonds. The van der Waals surface area contributed by atoms with E-state index in [-0.39, 0.29) is 23.5 Å². The zero-order valence-electron chi connectivity index (χ0n) is 19.8. The van der Waals surface area contributed by atoms with Crippen molar-refractivity contribution in [1.29, 1.82) is 0 Å². The van der Waals surface area contributed by atoms with E-state index in [1.54, 1.807) is 35.0 Å². The van der Waals surface area contributed by atoms with Gasteiger partial charge in [0.15, 0.2) is 12.4 Å². The van der Waals surface area contributed by atoms with Crippen LogP contribution in [0.3, 0.4) is 0 Å². The largest absolute Gasteiger partial charge is 0.507 e. The van der Waals surface area contributed by atoms with Crippen LogP contribution in [-0.4, -0.2) is 50.4 Å². The predicted octanol–water partition coefficient (Wildman–Crippen LogP) is 5.11. The second-order valence-electron chi connectivity index (χ2n) is 8.94. The first-order valence-electron chi connectivity index (χ1n) is 12.0. The monoisotopic (exact) mass is 485 g/mol. The van der Waals surface area contributed by atoms with Crippen molar-refractivity contribution in [3.8, 4) is 17.0 Å². The van der Waals surface area contributed by atoms with Gasteiger partial charge in [-0.25, -0.2) is 9.37 Å². The number of phenolic OH excluding ortho intramolecular Hbond substituents is 1. The van der Waals surface area contributed by atoms with E-state index in [0.29, 0.717) is 42.2 Å². The molecule has 0 unspecified atom stereocenters. The molecule has 1 aliphatic rings. The van der Waals surface area contributed by atoms with Crippen LogP contribution in [0.15, 0.2) is 73.4 Å². The number of hydrogen-bond acceptors (Lipinski definition) is 5. The van der Waals surface area contributed by atoms with Crippen LogP contribution in [0.1, 0.15) is 29.9 Å². The summed E-state index contributed by atoms with van der Waals surface area (Å²) in [6.07, 6.45) is 4.69. The molecule has 0 spiro atoms. The summed E-state index contributed by atoms with van der Waals surface area (Å²) >= 11 is 0. The van der Waals surface area contributed by atoms with Crippen molar-refractivity contribution in [2.45, 2.75) is 18.8 Å². The van der Waals surface area contributed by atoms with E-state index in [2.05, 4.69) is 22.0 Å². The number of benzene rings is 2. The van der Waals surface area contributed by atoms with Crippen LogP contribution in [-0.2, 0) is 4.79 Å². The number of aromatic nitrogens is 3. The molecule has 184 valence electrons. The van der Waals surface area contributed by atoms with Crippen molar-refractivity contribution in [3.63, 3.8) is 0 Å². The number of hydrogen-bond donors (Lipinski definition) is 2. The Hall–Kier alpha value is -4.20. The maximum absolute atomic E-state index is 13.7. The molecule has 0 radical (unpaired) electrons. The summed E-state index contributed by atoms with van der Waals surface area (Å²) in [5.41, 5.74) is 3.70. The zero-order chi connectivity index (χ0) is 25.1. The third kappa shape index (κ3) is 4.66. The fourth-order valence-electron chi connectivity index (χ4n) is 4.56. The predicted molar refractivity (Wildman–Crippen MR) is 138 cm³/mol. The number of nitrogens with zero attached hydrogens (tertiary/aromatic N) is 4. The highest BCUT2D eigenvalue weighted by atomic mass is 19.1. The van der Waals surface area contributed by atoms with Crippen LogP contribution in [0, 0.1) is 5.92 Å². The molecule has 2 aromatic heterocycles. The van der Waals surface area contributed by atoms with Crippen molar-refractivity contribution in [3.05, 3.63) is 84.6 Å². The highest BCUT2D eigenvalue weighted by Gasteiger charge is 2.45. The average Bonchev–Trinajstić information content (AvgIpc) is 3.61. The van der Waals surface area contributed by atoms with Crippen LogP contribution < -0.4 is 5.32 Å². The number of carbonyl (C=O) groups is 1. The Morgan fingerprint density at radius 1 is 1.22 bits per heavy atom. The fraction of sp³-hybridized carbons (Fsp3) is 0.250. The minimum atomic E-state index is -0.796. The molecule has 4 aromatic rings. The number of rotatable bonds is 10. The van der Waals surface area contributed by atoms with Gasteiger partial charge in [-0.15, -0.1) is 0 Å². The minimum absolute atomic E-state index is 0.123. The molecule has 2 N–H and O–H groups in total. The van der Waals surface area contributed by atoms with Crippen LogP contribution in [0.4, 0.5) is 10.2 Å². The van der Waals surface area contributed by atoms with Gasteiger partial charge in [-0.3, -0.25) is 4.79 Å². The number of para-hydroxylation sites is 1. The highest BCUT2D eigenvalue weighted by molar-refractivity contribution is 5.83. The van der Waals surface area contributed by atoms with Gasteiger partial charge in [0.2, 0.25) is 5.91 Å². The first-order chi connectivity index (χ1) is 17.6. The maximum atomic E-state index is 13.7. The second kappa shape index (κ2) is 10.2. The van der Waals surface area contributed by atoms with Gasteiger partial charge in [0.1, 0.15) is 11.6 Å². The molecule has 0 bridgehead atoms. The van der Waals surface area contributed by atoms with Crippen LogP contribution >= 0.6 is 0 Å². The summed E-state index contributed by atoms with van der Waals surface area (Å²) in [5, 5.41) is 18.1. The highest BCUT2D eigenvalue weighted by Crippen LogP contribution is 2.48. The Bertz CT molecular complexity index is 1390. The van der Waals surface area contributed by atoms with E-state index in [9.17, 15) is 14.3 Å². The van der Waals surface area contributed by atoms with Crippen molar-refractivity contribution in [2.24, 2.45) is 5.92 Å². The summed E-state index contributed by atoms with van der Waals surface area (Å²) in [4.78, 5) is 18.8. The lowest BCUT2D eigenvalue weighted by molar-refractivity contribution is -0.134. The van der Waals surface area contributed by atoms with Crippen LogP contribution in [0.25, 0.3) is 23.0 Å². The van der Waals surface area contributed by atoms with E-state index in [0.717, 1.165) is 17.5 Å². The summed E-state index contributed by atoms with van der Waals surface area (Å²) in [7, 11) is 0. The van der Waals surface area contributed by atoms with Gasteiger partial charge in [-0.2, -0.15) is 9.61 Å². The fourth-order valence-corrected chi connectivity index (χ4v) is 4.56. The number of alkyl halides is 1. The van der Waals surface area contributed by atoms with Crippen molar-refractivity contribution < 1.29 is 14.3 Å². The third-order valence-electron chi connectivity index (χ3n) is 6.60. The van der Waals surface area contributed by atoms with Gasteiger partial charge in [-0.1, -0.05) is 55.1 Å². The molecule has 2 atom stereocenters. The third-order valence-corrected chi connectivity index (χ3v) is 6.60. The van der Waals surface area contributed by atoms with Gasteiger partial charge in [0.25, 0.3) is 0 Å². The van der Waals surface area contributed by atoms with Crippen LogP contribution in [0.5, 0.6) is 5.75 Å². The number of halogens is 1. The first kappa shape index (κ1) is 23.5. The molecule has 7 nitrogen and oxygen atoms in total. The van der Waals surface area contributed by atoms with Gasteiger partial charge >= 0.3 is 0 Å². The number of carbonyl (C=O) groups excluding carboxylic acids is 1. The van der Waals surface area contributed by atoms with Gasteiger partial charge in [-0.05, 0) is 36.5 Å². The molecule has 1 fully saturated rings. The van der Waals surface area contributed by atoms with E-state index in [1.165, 1.54) is 4.90 Å². The normalized spacial score (nSPS) is 16.6. The zero-order valence-corrected chi connectivity index (χ0v) is 19.8. The molecule has 0 saturated heterocycles. The number of nitrogens with one attached hydrogen (secondary N) is 1. The molecule has 36 heavy (non-hydrogen) atoms. The summed E-state index contributed by atoms with van der Waals surface area (Å²) in [6, 6.07) is 18.7. The van der Waals surface area contributed by atoms with E-state index in [1.807, 2.05) is 42.5 Å². The molecule has 1 saturated carbocycles. The standard InChI is InChI=1S/C28H28FN5O2/c1-2-19-17-31-34-26(16-24(32-27(19)34)21-11-6-7-12-25(21)35)30-13-8-14-33(18-29)28(36)23-15-22(23)20-9-4-3-5-10-20/h2-7,9-12,16-17,22-23,30,35H,1,8,13-15,18H2/t22-,23+/m0/s1. The van der Waals surface area contributed by atoms with E-state index < -0.39 is 6.80 Å². The Balaban J connectivity index is 1.26. The number of anilines is 1. The summed E-state index contributed by atoms with van der Waals surface area (Å²) in [6.45, 7) is 3.85. The number of phenols is 1. The first-order valence-corrected chi connectivity index (χ1v) is 12.0. The maximum Gasteiger partial charge on any atom is 0.228 e. The number of aromatic hydroxyl groups is 1. The van der Waals surface area contributed by atoms with Gasteiger partial charge < -0.3 is 15.3 Å². The van der Waals surface area contributed by atoms with Crippen molar-refractivity contribution >= 4 is 23.4 Å². The van der Waals surface area contributed by atoms with E-state index in [4.69, 9.17) is 0 Å². The summed E-state index contributed by atoms with van der Waals surface area (Å²) < 4.78 is 15.4.